The molecule has 12 heteroatoms. The van der Waals surface area contributed by atoms with E-state index < -0.39 is 17.4 Å². The lowest BCUT2D eigenvalue weighted by molar-refractivity contribution is -0.0931. The number of ether oxygens (including phenoxy) is 1. The first-order valence-corrected chi connectivity index (χ1v) is 15.1. The predicted octanol–water partition coefficient (Wildman–Crippen LogP) is 11.2. The van der Waals surface area contributed by atoms with Gasteiger partial charge in [-0.25, -0.2) is 4.79 Å². The molecule has 2 aromatic carbocycles. The third kappa shape index (κ3) is 17.6. The van der Waals surface area contributed by atoms with Crippen molar-refractivity contribution in [3.05, 3.63) is 89.4 Å². The summed E-state index contributed by atoms with van der Waals surface area (Å²) in [6.45, 7) is 22.5. The Balaban J connectivity index is 0.000000733. The maximum Gasteiger partial charge on any atom is 0.412 e. The summed E-state index contributed by atoms with van der Waals surface area (Å²) in [6.07, 6.45) is -1.61. The molecule has 1 heterocycles. The van der Waals surface area contributed by atoms with Crippen LogP contribution in [0.3, 0.4) is 0 Å². The molecule has 0 aliphatic carbocycles. The van der Waals surface area contributed by atoms with Crippen LogP contribution < -0.4 is 10.7 Å². The summed E-state index contributed by atoms with van der Waals surface area (Å²) >= 11 is 12.3. The van der Waals surface area contributed by atoms with Gasteiger partial charge < -0.3 is 10.1 Å². The highest BCUT2D eigenvalue weighted by Gasteiger charge is 2.29. The quantitative estimate of drug-likeness (QED) is 0.147. The number of rotatable bonds is 7. The van der Waals surface area contributed by atoms with Crippen LogP contribution in [-0.4, -0.2) is 40.8 Å². The Morgan fingerprint density at radius 3 is 2.00 bits per heavy atom. The van der Waals surface area contributed by atoms with E-state index in [2.05, 4.69) is 52.8 Å². The Morgan fingerprint density at radius 2 is 1.59 bits per heavy atom. The lowest BCUT2D eigenvalue weighted by Gasteiger charge is -2.20. The van der Waals surface area contributed by atoms with E-state index in [1.165, 1.54) is 6.92 Å². The van der Waals surface area contributed by atoms with Crippen LogP contribution in [0.15, 0.2) is 84.5 Å². The number of allylic oxidation sites excluding steroid dienone is 2. The molecule has 0 saturated heterocycles. The van der Waals surface area contributed by atoms with Gasteiger partial charge in [-0.15, -0.1) is 16.8 Å². The second-order valence-corrected chi connectivity index (χ2v) is 11.5. The van der Waals surface area contributed by atoms with Crippen molar-refractivity contribution < 1.29 is 22.7 Å². The fraction of sp³-hybridized carbons (Fsp3) is 0.353. The highest BCUT2D eigenvalue weighted by atomic mass is 35.5. The second kappa shape index (κ2) is 21.0. The Bertz CT molecular complexity index is 1390. The molecule has 2 N–H and O–H groups in total. The number of carbonyl (C=O) groups is 1. The zero-order chi connectivity index (χ0) is 35.5. The van der Waals surface area contributed by atoms with Crippen molar-refractivity contribution in [3.63, 3.8) is 0 Å². The van der Waals surface area contributed by atoms with E-state index in [0.29, 0.717) is 21.6 Å². The van der Waals surface area contributed by atoms with E-state index in [1.54, 1.807) is 0 Å². The molecule has 3 rings (SSSR count). The molecule has 0 unspecified atom stereocenters. The molecule has 3 aromatic rings. The highest BCUT2D eigenvalue weighted by molar-refractivity contribution is 6.33. The molecular weight excluding hydrogens is 638 g/mol. The SMILES string of the molecule is C=C(CC)C(F)(F)F.C=CCC.C=NNc1cc(-c2ccc(Cl)cc2)c(-c2ccccc2Cl)nn1.CC(C)NC(=O)OC(C)(C)C. The first-order valence-electron chi connectivity index (χ1n) is 14.4. The average molecular weight is 683 g/mol. The molecule has 0 spiro atoms. The van der Waals surface area contributed by atoms with E-state index in [1.807, 2.05) is 95.3 Å². The summed E-state index contributed by atoms with van der Waals surface area (Å²) in [5, 5.41) is 16.0. The van der Waals surface area contributed by atoms with Gasteiger partial charge in [-0.2, -0.15) is 18.3 Å². The number of hydrazone groups is 1. The van der Waals surface area contributed by atoms with Gasteiger partial charge in [-0.3, -0.25) is 5.43 Å². The molecule has 252 valence electrons. The number of hydrogen-bond donors (Lipinski definition) is 2. The van der Waals surface area contributed by atoms with Crippen LogP contribution in [-0.2, 0) is 4.74 Å². The van der Waals surface area contributed by atoms with Gasteiger partial charge in [-0.1, -0.05) is 80.0 Å². The standard InChI is InChI=1S/C17H12Cl2N4.C8H17NO2.C5H7F3.C4H8/c1-20-21-16-10-14(11-6-8-12(18)9-7-11)17(23-22-16)13-4-2-3-5-15(13)19;1-6(2)9-7(10)11-8(3,4)5;1-3-4(2)5(6,7)8;1-3-4-2/h2-10H,1H2,(H,21,22);6H,1-5H3,(H,9,10);2-3H2,1H3;3H,1,4H2,2H3. The summed E-state index contributed by atoms with van der Waals surface area (Å²) in [5.74, 6) is 0.501. The van der Waals surface area contributed by atoms with Crippen molar-refractivity contribution in [1.82, 2.24) is 15.5 Å². The summed E-state index contributed by atoms with van der Waals surface area (Å²) < 4.78 is 39.0. The van der Waals surface area contributed by atoms with Gasteiger partial charge in [0.1, 0.15) is 11.3 Å². The molecule has 0 bridgehead atoms. The van der Waals surface area contributed by atoms with Crippen LogP contribution in [0.2, 0.25) is 10.0 Å². The van der Waals surface area contributed by atoms with Gasteiger partial charge in [-0.05, 0) is 77.3 Å². The fourth-order valence-electron chi connectivity index (χ4n) is 2.97. The minimum absolute atomic E-state index is 0.0243. The third-order valence-electron chi connectivity index (χ3n) is 5.19. The summed E-state index contributed by atoms with van der Waals surface area (Å²) in [6, 6.07) is 17.0. The smallest absolute Gasteiger partial charge is 0.412 e. The van der Waals surface area contributed by atoms with Gasteiger partial charge in [0, 0.05) is 34.5 Å². The molecule has 0 atom stereocenters. The third-order valence-corrected chi connectivity index (χ3v) is 5.78. The number of nitrogens with one attached hydrogen (secondary N) is 2. The van der Waals surface area contributed by atoms with Crippen LogP contribution in [0.4, 0.5) is 23.8 Å². The normalized spacial score (nSPS) is 10.5. The Kier molecular flexibility index (Phi) is 19.2. The number of anilines is 1. The second-order valence-electron chi connectivity index (χ2n) is 10.7. The summed E-state index contributed by atoms with van der Waals surface area (Å²) in [5.41, 5.74) is 4.95. The largest absolute Gasteiger partial charge is 0.444 e. The van der Waals surface area contributed by atoms with Crippen LogP contribution in [0, 0.1) is 0 Å². The average Bonchev–Trinajstić information content (AvgIpc) is 2.96. The minimum Gasteiger partial charge on any atom is -0.444 e. The number of amides is 1. The molecule has 46 heavy (non-hydrogen) atoms. The van der Waals surface area contributed by atoms with Crippen molar-refractivity contribution in [3.8, 4) is 22.4 Å². The maximum absolute atomic E-state index is 11.3. The van der Waals surface area contributed by atoms with Crippen LogP contribution in [0.5, 0.6) is 0 Å². The number of alkyl carbamates (subject to hydrolysis) is 1. The first kappa shape index (κ1) is 42.1. The van der Waals surface area contributed by atoms with E-state index in [-0.39, 0.29) is 18.6 Å². The first-order chi connectivity index (χ1) is 21.4. The lowest BCUT2D eigenvalue weighted by atomic mass is 10.00. The monoisotopic (exact) mass is 681 g/mol. The van der Waals surface area contributed by atoms with E-state index in [9.17, 15) is 18.0 Å². The van der Waals surface area contributed by atoms with Gasteiger partial charge in [0.05, 0.1) is 5.02 Å². The number of halogens is 5. The molecule has 0 aliphatic heterocycles. The van der Waals surface area contributed by atoms with Crippen molar-refractivity contribution >= 4 is 41.8 Å². The number of alkyl halides is 3. The molecular formula is C34H44Cl2F3N5O2. The van der Waals surface area contributed by atoms with Crippen molar-refractivity contribution in [2.45, 2.75) is 79.1 Å². The Morgan fingerprint density at radius 1 is 1.02 bits per heavy atom. The van der Waals surface area contributed by atoms with Crippen molar-refractivity contribution in [2.24, 2.45) is 5.10 Å². The summed E-state index contributed by atoms with van der Waals surface area (Å²) in [7, 11) is 0. The predicted molar refractivity (Wildman–Crippen MR) is 187 cm³/mol. The molecule has 1 aromatic heterocycles. The van der Waals surface area contributed by atoms with Gasteiger partial charge >= 0.3 is 12.3 Å². The number of nitrogens with zero attached hydrogens (tertiary/aromatic N) is 3. The minimum atomic E-state index is -4.19. The Labute approximate surface area is 281 Å². The van der Waals surface area contributed by atoms with Gasteiger partial charge in [0.15, 0.2) is 5.82 Å². The van der Waals surface area contributed by atoms with Crippen LogP contribution in [0.1, 0.15) is 61.3 Å². The van der Waals surface area contributed by atoms with Crippen LogP contribution >= 0.6 is 23.2 Å². The molecule has 0 radical (unpaired) electrons. The summed E-state index contributed by atoms with van der Waals surface area (Å²) in [4.78, 5) is 10.9. The number of aromatic nitrogens is 2. The van der Waals surface area contributed by atoms with Gasteiger partial charge in [0.25, 0.3) is 0 Å². The lowest BCUT2D eigenvalue weighted by Crippen LogP contribution is -2.36. The topological polar surface area (TPSA) is 88.5 Å². The van der Waals surface area contributed by atoms with Crippen molar-refractivity contribution in [1.29, 1.82) is 0 Å². The fourth-order valence-corrected chi connectivity index (χ4v) is 3.32. The molecule has 1 amide bonds. The highest BCUT2D eigenvalue weighted by Crippen LogP contribution is 2.35. The zero-order valence-corrected chi connectivity index (χ0v) is 28.9. The molecule has 0 saturated carbocycles. The molecule has 0 fully saturated rings. The van der Waals surface area contributed by atoms with Crippen molar-refractivity contribution in [2.75, 3.05) is 5.43 Å². The van der Waals surface area contributed by atoms with E-state index in [4.69, 9.17) is 27.9 Å². The number of benzene rings is 2. The van der Waals surface area contributed by atoms with E-state index in [0.717, 1.165) is 23.1 Å². The van der Waals surface area contributed by atoms with Crippen LogP contribution in [0.25, 0.3) is 22.4 Å². The number of carbonyl (C=O) groups excluding carboxylic acids is 1. The molecule has 7 nitrogen and oxygen atoms in total. The molecule has 0 aliphatic rings. The number of hydrogen-bond acceptors (Lipinski definition) is 6. The Hall–Kier alpha value is -3.89. The van der Waals surface area contributed by atoms with Gasteiger partial charge in [0.2, 0.25) is 0 Å². The maximum atomic E-state index is 11.3. The zero-order valence-electron chi connectivity index (χ0n) is 27.4. The van der Waals surface area contributed by atoms with E-state index >= 15 is 0 Å².